The first-order valence-electron chi connectivity index (χ1n) is 5.23. The summed E-state index contributed by atoms with van der Waals surface area (Å²) in [7, 11) is 0. The van der Waals surface area contributed by atoms with Crippen LogP contribution < -0.4 is 0 Å². The van der Waals surface area contributed by atoms with E-state index in [0.717, 1.165) is 12.0 Å². The largest absolute Gasteiger partial charge is 0.477 e. The van der Waals surface area contributed by atoms with Gasteiger partial charge in [-0.2, -0.15) is 0 Å². The molecular formula is C14H17NO. The van der Waals surface area contributed by atoms with E-state index >= 15 is 0 Å². The molecule has 0 aliphatic rings. The van der Waals surface area contributed by atoms with Crippen LogP contribution in [-0.4, -0.2) is 13.3 Å². The fraction of sp³-hybridized carbons (Fsp3) is 0.214. The molecule has 0 heterocycles. The average Bonchev–Trinajstić information content (AvgIpc) is 2.28. The summed E-state index contributed by atoms with van der Waals surface area (Å²) in [5.41, 5.74) is 2.16. The van der Waals surface area contributed by atoms with Gasteiger partial charge in [-0.15, -0.1) is 0 Å². The molecule has 2 nitrogen and oxygen atoms in total. The second kappa shape index (κ2) is 6.62. The van der Waals surface area contributed by atoms with Gasteiger partial charge >= 0.3 is 0 Å². The first kappa shape index (κ1) is 12.2. The van der Waals surface area contributed by atoms with Crippen LogP contribution >= 0.6 is 0 Å². The molecule has 1 rings (SSSR count). The number of nitrogens with zero attached hydrogens (tertiary/aromatic N) is 1. The van der Waals surface area contributed by atoms with Gasteiger partial charge in [-0.05, 0) is 19.2 Å². The standard InChI is InChI=1S/C14H17NO/c1-12(2)11-14(15-3)16-10-9-13-7-5-4-6-8-13/h4-8,11H,1,3,9-10H2,2H3/b14-11+. The average molecular weight is 215 g/mol. The second-order valence-corrected chi connectivity index (χ2v) is 3.57. The van der Waals surface area contributed by atoms with E-state index in [1.807, 2.05) is 25.1 Å². The Hall–Kier alpha value is -1.83. The van der Waals surface area contributed by atoms with Crippen LogP contribution in [0.2, 0.25) is 0 Å². The third kappa shape index (κ3) is 4.60. The molecule has 0 aliphatic heterocycles. The van der Waals surface area contributed by atoms with Crippen molar-refractivity contribution in [3.8, 4) is 0 Å². The molecule has 0 saturated carbocycles. The molecule has 0 bridgehead atoms. The molecule has 0 amide bonds. The minimum absolute atomic E-state index is 0.531. The molecule has 0 N–H and O–H groups in total. The Morgan fingerprint density at radius 1 is 1.38 bits per heavy atom. The van der Waals surface area contributed by atoms with Gasteiger partial charge in [0.15, 0.2) is 0 Å². The zero-order valence-corrected chi connectivity index (χ0v) is 9.65. The first-order chi connectivity index (χ1) is 7.72. The Kier molecular flexibility index (Phi) is 5.06. The van der Waals surface area contributed by atoms with Crippen molar-refractivity contribution >= 4 is 6.72 Å². The van der Waals surface area contributed by atoms with Gasteiger partial charge < -0.3 is 4.74 Å². The number of ether oxygens (including phenoxy) is 1. The molecule has 0 spiro atoms. The smallest absolute Gasteiger partial charge is 0.212 e. The monoisotopic (exact) mass is 215 g/mol. The van der Waals surface area contributed by atoms with Crippen LogP contribution in [0, 0.1) is 0 Å². The van der Waals surface area contributed by atoms with Crippen LogP contribution in [-0.2, 0) is 11.2 Å². The lowest BCUT2D eigenvalue weighted by atomic mass is 10.2. The number of hydrogen-bond donors (Lipinski definition) is 0. The lowest BCUT2D eigenvalue weighted by Crippen LogP contribution is -1.97. The van der Waals surface area contributed by atoms with E-state index in [2.05, 4.69) is 30.4 Å². The maximum Gasteiger partial charge on any atom is 0.212 e. The van der Waals surface area contributed by atoms with Gasteiger partial charge in [-0.1, -0.05) is 42.5 Å². The molecule has 0 saturated heterocycles. The maximum atomic E-state index is 5.48. The molecule has 1 aromatic carbocycles. The minimum atomic E-state index is 0.531. The highest BCUT2D eigenvalue weighted by Gasteiger charge is 1.95. The van der Waals surface area contributed by atoms with Gasteiger partial charge in [0.05, 0.1) is 6.61 Å². The number of hydrogen-bond acceptors (Lipinski definition) is 2. The van der Waals surface area contributed by atoms with Crippen LogP contribution in [0.15, 0.2) is 59.4 Å². The fourth-order valence-corrected chi connectivity index (χ4v) is 1.26. The third-order valence-electron chi connectivity index (χ3n) is 2.01. The highest BCUT2D eigenvalue weighted by atomic mass is 16.5. The Bertz CT molecular complexity index is 379. The zero-order chi connectivity index (χ0) is 11.8. The van der Waals surface area contributed by atoms with Crippen LogP contribution in [0.5, 0.6) is 0 Å². The third-order valence-corrected chi connectivity index (χ3v) is 2.01. The summed E-state index contributed by atoms with van der Waals surface area (Å²) in [5.74, 6) is 0.531. The van der Waals surface area contributed by atoms with Crippen LogP contribution in [0.25, 0.3) is 0 Å². The molecule has 2 heteroatoms. The topological polar surface area (TPSA) is 21.6 Å². The molecule has 0 atom stereocenters. The van der Waals surface area contributed by atoms with Crippen molar-refractivity contribution in [2.75, 3.05) is 6.61 Å². The molecule has 0 fully saturated rings. The molecule has 0 aromatic heterocycles. The minimum Gasteiger partial charge on any atom is -0.477 e. The summed E-state index contributed by atoms with van der Waals surface area (Å²) >= 11 is 0. The van der Waals surface area contributed by atoms with E-state index < -0.39 is 0 Å². The number of aliphatic imine (C=N–C) groups is 1. The summed E-state index contributed by atoms with van der Waals surface area (Å²) in [6.45, 7) is 9.71. The van der Waals surface area contributed by atoms with Gasteiger partial charge in [-0.25, -0.2) is 4.99 Å². The van der Waals surface area contributed by atoms with Crippen molar-refractivity contribution in [1.29, 1.82) is 0 Å². The van der Waals surface area contributed by atoms with Crippen molar-refractivity contribution < 1.29 is 4.74 Å². The number of benzene rings is 1. The fourth-order valence-electron chi connectivity index (χ4n) is 1.26. The number of rotatable bonds is 6. The highest BCUT2D eigenvalue weighted by molar-refractivity contribution is 5.29. The van der Waals surface area contributed by atoms with E-state index in [0.29, 0.717) is 12.5 Å². The van der Waals surface area contributed by atoms with Crippen molar-refractivity contribution in [1.82, 2.24) is 0 Å². The molecular weight excluding hydrogens is 198 g/mol. The summed E-state index contributed by atoms with van der Waals surface area (Å²) in [4.78, 5) is 3.79. The summed E-state index contributed by atoms with van der Waals surface area (Å²) in [6.07, 6.45) is 2.64. The predicted octanol–water partition coefficient (Wildman–Crippen LogP) is 3.36. The van der Waals surface area contributed by atoms with Crippen molar-refractivity contribution in [3.05, 3.63) is 60.0 Å². The van der Waals surface area contributed by atoms with Gasteiger partial charge in [0.25, 0.3) is 0 Å². The first-order valence-corrected chi connectivity index (χ1v) is 5.23. The van der Waals surface area contributed by atoms with E-state index in [9.17, 15) is 0 Å². The van der Waals surface area contributed by atoms with Gasteiger partial charge in [0, 0.05) is 12.5 Å². The van der Waals surface area contributed by atoms with E-state index in [4.69, 9.17) is 4.74 Å². The van der Waals surface area contributed by atoms with Crippen LogP contribution in [0.1, 0.15) is 12.5 Å². The van der Waals surface area contributed by atoms with Gasteiger partial charge in [0.2, 0.25) is 5.88 Å². The quantitative estimate of drug-likeness (QED) is 0.405. The van der Waals surface area contributed by atoms with Crippen molar-refractivity contribution in [2.45, 2.75) is 13.3 Å². The summed E-state index contributed by atoms with van der Waals surface area (Å²) in [5, 5.41) is 0. The van der Waals surface area contributed by atoms with E-state index in [-0.39, 0.29) is 0 Å². The lowest BCUT2D eigenvalue weighted by molar-refractivity contribution is 0.214. The Labute approximate surface area is 97.0 Å². The van der Waals surface area contributed by atoms with Crippen molar-refractivity contribution in [2.24, 2.45) is 4.99 Å². The van der Waals surface area contributed by atoms with Crippen molar-refractivity contribution in [3.63, 3.8) is 0 Å². The summed E-state index contributed by atoms with van der Waals surface area (Å²) in [6, 6.07) is 10.2. The predicted molar refractivity (Wildman–Crippen MR) is 68.5 cm³/mol. The Morgan fingerprint density at radius 2 is 2.06 bits per heavy atom. The van der Waals surface area contributed by atoms with E-state index in [1.165, 1.54) is 5.56 Å². The zero-order valence-electron chi connectivity index (χ0n) is 9.65. The summed E-state index contributed by atoms with van der Waals surface area (Å²) < 4.78 is 5.48. The SMILES string of the molecule is C=N/C(=C\C(=C)C)OCCc1ccccc1. The van der Waals surface area contributed by atoms with Gasteiger partial charge in [-0.3, -0.25) is 0 Å². The molecule has 16 heavy (non-hydrogen) atoms. The lowest BCUT2D eigenvalue weighted by Gasteiger charge is -2.05. The Morgan fingerprint density at radius 3 is 2.62 bits per heavy atom. The molecule has 0 unspecified atom stereocenters. The van der Waals surface area contributed by atoms with E-state index in [1.54, 1.807) is 6.08 Å². The molecule has 0 radical (unpaired) electrons. The number of allylic oxidation sites excluding steroid dienone is 2. The highest BCUT2D eigenvalue weighted by Crippen LogP contribution is 2.05. The van der Waals surface area contributed by atoms with Crippen LogP contribution in [0.3, 0.4) is 0 Å². The normalized spacial score (nSPS) is 10.9. The molecule has 1 aromatic rings. The maximum absolute atomic E-state index is 5.48. The van der Waals surface area contributed by atoms with Crippen LogP contribution in [0.4, 0.5) is 0 Å². The molecule has 84 valence electrons. The molecule has 0 aliphatic carbocycles. The Balaban J connectivity index is 2.40. The van der Waals surface area contributed by atoms with Gasteiger partial charge in [0.1, 0.15) is 0 Å². The second-order valence-electron chi connectivity index (χ2n) is 3.57.